The molecule has 1 N–H and O–H groups in total. The number of anilines is 1. The van der Waals surface area contributed by atoms with Crippen molar-refractivity contribution in [3.63, 3.8) is 0 Å². The van der Waals surface area contributed by atoms with E-state index in [0.29, 0.717) is 30.9 Å². The molecule has 3 heterocycles. The van der Waals surface area contributed by atoms with Gasteiger partial charge in [0.05, 0.1) is 16.6 Å². The molecule has 162 valence electrons. The minimum absolute atomic E-state index is 0.0240. The van der Waals surface area contributed by atoms with Crippen LogP contribution in [0.4, 0.5) is 10.2 Å². The van der Waals surface area contributed by atoms with Gasteiger partial charge in [-0.2, -0.15) is 4.31 Å². The van der Waals surface area contributed by atoms with Crippen molar-refractivity contribution in [2.24, 2.45) is 0 Å². The van der Waals surface area contributed by atoms with Crippen LogP contribution in [0.5, 0.6) is 0 Å². The number of rotatable bonds is 4. The minimum Gasteiger partial charge on any atom is -0.373 e. The molecule has 9 heteroatoms. The van der Waals surface area contributed by atoms with Gasteiger partial charge in [0.25, 0.3) is 0 Å². The van der Waals surface area contributed by atoms with Gasteiger partial charge in [-0.05, 0) is 50.9 Å². The fraction of sp³-hybridized carbons (Fsp3) is 0.524. The molecule has 1 aromatic carbocycles. The molecule has 4 rings (SSSR count). The molecule has 0 radical (unpaired) electrons. The number of likely N-dealkylation sites (N-methyl/N-ethyl adjacent to an activating group) is 1. The number of nitrogens with zero attached hydrogens (tertiary/aromatic N) is 4. The Morgan fingerprint density at radius 3 is 2.73 bits per heavy atom. The minimum atomic E-state index is -3.87. The van der Waals surface area contributed by atoms with E-state index >= 15 is 0 Å². The summed E-state index contributed by atoms with van der Waals surface area (Å²) in [6.45, 7) is 3.64. The topological polar surface area (TPSA) is 78.4 Å². The van der Waals surface area contributed by atoms with Crippen molar-refractivity contribution >= 4 is 15.8 Å². The first-order chi connectivity index (χ1) is 14.3. The van der Waals surface area contributed by atoms with Gasteiger partial charge in [-0.25, -0.2) is 22.8 Å². The van der Waals surface area contributed by atoms with Crippen LogP contribution >= 0.6 is 0 Å². The molecule has 1 aromatic heterocycles. The molecule has 2 aliphatic heterocycles. The summed E-state index contributed by atoms with van der Waals surface area (Å²) >= 11 is 0. The molecular weight excluding hydrogens is 405 g/mol. The van der Waals surface area contributed by atoms with E-state index in [1.807, 2.05) is 14.1 Å². The van der Waals surface area contributed by atoms with E-state index in [4.69, 9.17) is 9.97 Å². The third-order valence-corrected chi connectivity index (χ3v) is 7.92. The maximum atomic E-state index is 14.1. The molecule has 30 heavy (non-hydrogen) atoms. The molecule has 2 aliphatic rings. The van der Waals surface area contributed by atoms with Gasteiger partial charge < -0.3 is 10.2 Å². The van der Waals surface area contributed by atoms with Gasteiger partial charge >= 0.3 is 0 Å². The molecule has 0 spiro atoms. The van der Waals surface area contributed by atoms with Crippen LogP contribution in [0.15, 0.2) is 23.1 Å². The highest BCUT2D eigenvalue weighted by atomic mass is 32.2. The highest BCUT2D eigenvalue weighted by molar-refractivity contribution is 7.89. The summed E-state index contributed by atoms with van der Waals surface area (Å²) in [5, 5.41) is 3.16. The van der Waals surface area contributed by atoms with Crippen molar-refractivity contribution in [1.29, 1.82) is 0 Å². The zero-order chi connectivity index (χ0) is 21.5. The van der Waals surface area contributed by atoms with Crippen LogP contribution < -0.4 is 5.32 Å². The number of hydrogen-bond donors (Lipinski definition) is 1. The Labute approximate surface area is 177 Å². The molecular formula is C21H28FN5O2S. The van der Waals surface area contributed by atoms with Gasteiger partial charge in [0.15, 0.2) is 0 Å². The van der Waals surface area contributed by atoms with Crippen molar-refractivity contribution in [3.05, 3.63) is 46.7 Å². The Morgan fingerprint density at radius 1 is 1.20 bits per heavy atom. The summed E-state index contributed by atoms with van der Waals surface area (Å²) in [6.07, 6.45) is 3.16. The Hall–Kier alpha value is -2.10. The number of nitrogens with one attached hydrogen (secondary N) is 1. The van der Waals surface area contributed by atoms with Crippen LogP contribution in [0.25, 0.3) is 0 Å². The number of benzene rings is 1. The number of sulfonamides is 1. The summed E-state index contributed by atoms with van der Waals surface area (Å²) in [5.74, 6) is 0.770. The smallest absolute Gasteiger partial charge is 0.243 e. The Bertz CT molecular complexity index is 1060. The second-order valence-corrected chi connectivity index (χ2v) is 10.0. The first-order valence-electron chi connectivity index (χ1n) is 10.3. The zero-order valence-electron chi connectivity index (χ0n) is 17.7. The van der Waals surface area contributed by atoms with Crippen LogP contribution in [0, 0.1) is 12.7 Å². The molecule has 0 aliphatic carbocycles. The van der Waals surface area contributed by atoms with E-state index in [-0.39, 0.29) is 4.90 Å². The monoisotopic (exact) mass is 433 g/mol. The molecule has 1 fully saturated rings. The van der Waals surface area contributed by atoms with Crippen molar-refractivity contribution in [2.75, 3.05) is 32.5 Å². The fourth-order valence-corrected chi connectivity index (χ4v) is 5.92. The van der Waals surface area contributed by atoms with Crippen molar-refractivity contribution < 1.29 is 12.8 Å². The second kappa shape index (κ2) is 8.20. The van der Waals surface area contributed by atoms with E-state index in [1.165, 1.54) is 16.4 Å². The Morgan fingerprint density at radius 2 is 2.00 bits per heavy atom. The van der Waals surface area contributed by atoms with Gasteiger partial charge in [0.2, 0.25) is 10.0 Å². The molecule has 2 aromatic rings. The quantitative estimate of drug-likeness (QED) is 0.799. The van der Waals surface area contributed by atoms with Crippen LogP contribution in [-0.4, -0.2) is 54.8 Å². The maximum Gasteiger partial charge on any atom is 0.243 e. The van der Waals surface area contributed by atoms with Gasteiger partial charge in [-0.1, -0.05) is 12.5 Å². The third kappa shape index (κ3) is 3.81. The average Bonchev–Trinajstić information content (AvgIpc) is 2.74. The largest absolute Gasteiger partial charge is 0.373 e. The molecule has 0 saturated carbocycles. The Kier molecular flexibility index (Phi) is 5.78. The van der Waals surface area contributed by atoms with Gasteiger partial charge in [-0.15, -0.1) is 0 Å². The molecule has 0 amide bonds. The number of piperidine rings is 1. The number of aromatic nitrogens is 2. The summed E-state index contributed by atoms with van der Waals surface area (Å²) < 4.78 is 42.4. The van der Waals surface area contributed by atoms with Crippen LogP contribution in [-0.2, 0) is 23.0 Å². The van der Waals surface area contributed by atoms with Gasteiger partial charge in [0.1, 0.15) is 17.5 Å². The van der Waals surface area contributed by atoms with E-state index < -0.39 is 21.9 Å². The van der Waals surface area contributed by atoms with E-state index in [0.717, 1.165) is 48.9 Å². The highest BCUT2D eigenvalue weighted by Gasteiger charge is 2.37. The van der Waals surface area contributed by atoms with E-state index in [2.05, 4.69) is 10.2 Å². The molecule has 7 nitrogen and oxygen atoms in total. The Balaban J connectivity index is 1.76. The highest BCUT2D eigenvalue weighted by Crippen LogP contribution is 2.36. The number of aryl methyl sites for hydroxylation is 1. The maximum absolute atomic E-state index is 14.1. The average molecular weight is 434 g/mol. The summed E-state index contributed by atoms with van der Waals surface area (Å²) in [4.78, 5) is 11.7. The summed E-state index contributed by atoms with van der Waals surface area (Å²) in [5.41, 5.74) is 2.47. The summed E-state index contributed by atoms with van der Waals surface area (Å²) in [6, 6.07) is 3.63. The fourth-order valence-electron chi connectivity index (χ4n) is 4.26. The van der Waals surface area contributed by atoms with Crippen molar-refractivity contribution in [1.82, 2.24) is 19.2 Å². The zero-order valence-corrected chi connectivity index (χ0v) is 18.5. The number of fused-ring (bicyclic) bond motifs is 1. The van der Waals surface area contributed by atoms with Crippen molar-refractivity contribution in [2.45, 2.75) is 50.1 Å². The normalized spacial score (nSPS) is 20.7. The van der Waals surface area contributed by atoms with E-state index in [1.54, 1.807) is 6.92 Å². The lowest BCUT2D eigenvalue weighted by atomic mass is 10.0. The summed E-state index contributed by atoms with van der Waals surface area (Å²) in [7, 11) is 0.00951. The van der Waals surface area contributed by atoms with Crippen LogP contribution in [0.1, 0.15) is 47.9 Å². The SMILES string of the molecule is CNc1nc(C2CCCCN2S(=O)(=O)c2ccc(C)c(F)c2)nc2c1CCN(C)C2. The number of hydrogen-bond acceptors (Lipinski definition) is 6. The number of halogens is 1. The van der Waals surface area contributed by atoms with Gasteiger partial charge in [-0.3, -0.25) is 0 Å². The first-order valence-corrected chi connectivity index (χ1v) is 11.8. The van der Waals surface area contributed by atoms with Crippen LogP contribution in [0.2, 0.25) is 0 Å². The first kappa shape index (κ1) is 21.1. The second-order valence-electron chi connectivity index (χ2n) is 8.13. The standard InChI is InChI=1S/C21H28FN5O2S/c1-14-7-8-15(12-17(14)22)30(28,29)27-10-5-4-6-19(27)21-24-18-13-26(3)11-9-16(18)20(23-2)25-21/h7-8,12,19H,4-6,9-11,13H2,1-3H3,(H,23,24,25). The van der Waals surface area contributed by atoms with Crippen LogP contribution in [0.3, 0.4) is 0 Å². The lowest BCUT2D eigenvalue weighted by molar-refractivity contribution is 0.244. The molecule has 1 saturated heterocycles. The predicted octanol–water partition coefficient (Wildman–Crippen LogP) is 2.87. The van der Waals surface area contributed by atoms with Crippen molar-refractivity contribution in [3.8, 4) is 0 Å². The molecule has 0 bridgehead atoms. The molecule has 1 unspecified atom stereocenters. The lowest BCUT2D eigenvalue weighted by Crippen LogP contribution is -2.40. The van der Waals surface area contributed by atoms with E-state index in [9.17, 15) is 12.8 Å². The third-order valence-electron chi connectivity index (χ3n) is 6.01. The molecule has 1 atom stereocenters. The van der Waals surface area contributed by atoms with Gasteiger partial charge in [0, 0.05) is 32.2 Å². The predicted molar refractivity (Wildman–Crippen MR) is 113 cm³/mol. The lowest BCUT2D eigenvalue weighted by Gasteiger charge is -2.35.